The second kappa shape index (κ2) is 36.8. The molecule has 6 atom stereocenters. The van der Waals surface area contributed by atoms with Gasteiger partial charge in [0.2, 0.25) is 29.6 Å². The smallest absolute Gasteiger partial charge is 0.239 e. The summed E-state index contributed by atoms with van der Waals surface area (Å²) < 4.78 is 82.2. The van der Waals surface area contributed by atoms with Gasteiger partial charge in [-0.2, -0.15) is 20.4 Å². The van der Waals surface area contributed by atoms with Crippen LogP contribution in [-0.2, 0) is 95.2 Å². The number of hydrogen-bond acceptors (Lipinski definition) is 14. The number of hydrogen-bond donors (Lipinski definition) is 0. The zero-order chi connectivity index (χ0) is 93.3. The number of para-hydroxylation sites is 4. The Morgan fingerprint density at radius 1 is 0.324 bits per heavy atom. The van der Waals surface area contributed by atoms with Crippen molar-refractivity contribution >= 4 is 52.3 Å². The van der Waals surface area contributed by atoms with E-state index < -0.39 is 27.8 Å². The van der Waals surface area contributed by atoms with Crippen LogP contribution in [0, 0.1) is 23.3 Å². The third-order valence-corrected chi connectivity index (χ3v) is 31.2. The Balaban J connectivity index is 0.000000109. The molecule has 4 saturated heterocycles. The molecule has 6 unspecified atom stereocenters. The number of amides is 4. The summed E-state index contributed by atoms with van der Waals surface area (Å²) in [6.45, 7) is 6.79. The monoisotopic (exact) mass is 1830 g/mol. The van der Waals surface area contributed by atoms with Crippen LogP contribution < -0.4 is 24.5 Å². The minimum Gasteiger partial charge on any atom is -0.339 e. The molecule has 8 aromatic carbocycles. The van der Waals surface area contributed by atoms with Crippen LogP contribution in [-0.4, -0.2) is 164 Å². The molecule has 3 saturated carbocycles. The fourth-order valence-electron chi connectivity index (χ4n) is 23.7. The highest BCUT2D eigenvalue weighted by Crippen LogP contribution is 2.55. The lowest BCUT2D eigenvalue weighted by Crippen LogP contribution is -2.47. The lowest BCUT2D eigenvalue weighted by atomic mass is 9.80. The zero-order valence-corrected chi connectivity index (χ0v) is 77.4. The molecule has 7 fully saturated rings. The van der Waals surface area contributed by atoms with Crippen molar-refractivity contribution in [3.05, 3.63) is 306 Å². The van der Waals surface area contributed by atoms with Crippen molar-refractivity contribution in [3.8, 4) is 44.5 Å². The number of fused-ring (bicyclic) bond motifs is 8. The molecule has 13 aromatic rings. The second-order valence-electron chi connectivity index (χ2n) is 39.3. The third-order valence-electron chi connectivity index (χ3n) is 31.2. The molecule has 24 rings (SSSR count). The summed E-state index contributed by atoms with van der Waals surface area (Å²) >= 11 is 0. The van der Waals surface area contributed by atoms with E-state index in [1.807, 2.05) is 178 Å². The molecular formula is C109H113F5N18O4. The van der Waals surface area contributed by atoms with Gasteiger partial charge in [0.05, 0.1) is 72.6 Å². The maximum absolute atomic E-state index is 15.2. The van der Waals surface area contributed by atoms with E-state index in [1.165, 1.54) is 69.9 Å². The summed E-state index contributed by atoms with van der Waals surface area (Å²) in [6.07, 6.45) is 34.9. The van der Waals surface area contributed by atoms with Crippen molar-refractivity contribution in [1.82, 2.24) is 63.8 Å². The van der Waals surface area contributed by atoms with E-state index >= 15 is 17.6 Å². The Hall–Kier alpha value is -13.1. The molecule has 5 aromatic heterocycles. The Morgan fingerprint density at radius 2 is 0.625 bits per heavy atom. The van der Waals surface area contributed by atoms with E-state index in [2.05, 4.69) is 62.1 Å². The van der Waals surface area contributed by atoms with Crippen LogP contribution in [0.15, 0.2) is 238 Å². The van der Waals surface area contributed by atoms with Gasteiger partial charge < -0.3 is 24.5 Å². The average molecular weight is 1830 g/mol. The van der Waals surface area contributed by atoms with Gasteiger partial charge in [-0.25, -0.2) is 31.9 Å². The molecule has 0 radical (unpaired) electrons. The van der Waals surface area contributed by atoms with Crippen molar-refractivity contribution in [1.29, 1.82) is 0 Å². The number of halogens is 5. The molecule has 22 nitrogen and oxygen atoms in total. The molecule has 13 heterocycles. The number of carbonyl (C=O) groups is 4. The lowest BCUT2D eigenvalue weighted by Gasteiger charge is -2.35. The number of nitrogens with zero attached hydrogens (tertiary/aromatic N) is 18. The third kappa shape index (κ3) is 16.5. The van der Waals surface area contributed by atoms with Gasteiger partial charge in [0, 0.05) is 190 Å². The molecular weight excluding hydrogens is 1720 g/mol. The van der Waals surface area contributed by atoms with E-state index in [0.29, 0.717) is 85.7 Å². The van der Waals surface area contributed by atoms with Crippen LogP contribution in [0.2, 0.25) is 0 Å². The number of aryl methyl sites for hydroxylation is 4. The van der Waals surface area contributed by atoms with E-state index in [4.69, 9.17) is 0 Å². The molecule has 0 bridgehead atoms. The summed E-state index contributed by atoms with van der Waals surface area (Å²) in [6, 6.07) is 55.7. The quantitative estimate of drug-likeness (QED) is 0.0655. The maximum Gasteiger partial charge on any atom is 0.239 e. The fraction of sp³-hybridized carbons (Fsp3) is 0.376. The zero-order valence-electron chi connectivity index (χ0n) is 77.4. The Morgan fingerprint density at radius 3 is 0.941 bits per heavy atom. The van der Waals surface area contributed by atoms with Gasteiger partial charge in [-0.3, -0.25) is 52.6 Å². The standard InChI is InChI=1S/C29H33FN4O.C28H30F2N4O.C26H23FN6O.C26H27FN4O/c1-32-18-23(17-31-32)21-12-13-22(26(30)16-21)19-34-27-11-7-6-10-25(27)29(28(34)35)14-15-33(20-29)24-8-4-2-3-5-9-24;1-32-16-21(15-31-32)19-10-11-20(24(30)14-19)17-34-25-8-4-2-6-22(25)28(27(34)35)12-13-33(18-28)26-9-5-3-7-23(26)29;1-31-15-20(14-30-31)18-7-8-19(22(27)13-18)16-33-23-6-3-2-5-21(23)26(24(33)34)9-12-32(17-26)25-28-10-4-11-29-25;1-29-15-20(14-28-29)18-9-10-19(23(27)13-18)16-31-24-8-3-2-7-22(24)26(25(31)32)11-12-30(17-26)21-5-4-6-21/h6-7,10-13,16-18,24H,2-5,8-9,14-15,19-20H2,1H3;2,4,6,8,10-11,14-16,23,26H,3,5,7,9,12-13,17-18H2,1H3;2-8,10-11,13-15H,9,12,16-17H2,1H3;2-3,7-10,13-15,21H,4-6,11-12,16-17H2,1H3. The van der Waals surface area contributed by atoms with Gasteiger partial charge in [0.1, 0.15) is 29.4 Å². The van der Waals surface area contributed by atoms with E-state index in [9.17, 15) is 23.6 Å². The molecule has 4 spiro atoms. The minimum atomic E-state index is -0.825. The molecule has 698 valence electrons. The number of rotatable bonds is 16. The van der Waals surface area contributed by atoms with E-state index in [1.54, 1.807) is 102 Å². The predicted molar refractivity (Wildman–Crippen MR) is 515 cm³/mol. The summed E-state index contributed by atoms with van der Waals surface area (Å²) in [5.41, 5.74) is 14.0. The van der Waals surface area contributed by atoms with Gasteiger partial charge in [0.15, 0.2) is 0 Å². The minimum absolute atomic E-state index is 0.00265. The second-order valence-corrected chi connectivity index (χ2v) is 39.3. The van der Waals surface area contributed by atoms with Crippen molar-refractivity contribution < 1.29 is 41.1 Å². The normalized spacial score (nSPS) is 23.1. The van der Waals surface area contributed by atoms with E-state index in [-0.39, 0.29) is 79.1 Å². The van der Waals surface area contributed by atoms with Gasteiger partial charge in [0.25, 0.3) is 0 Å². The summed E-state index contributed by atoms with van der Waals surface area (Å²) in [7, 11) is 7.34. The number of likely N-dealkylation sites (tertiary alicyclic amines) is 3. The molecule has 11 aliphatic rings. The van der Waals surface area contributed by atoms with Crippen molar-refractivity contribution in [2.45, 2.75) is 181 Å². The average Bonchev–Trinajstić information content (AvgIpc) is 1.58. The van der Waals surface area contributed by atoms with Crippen LogP contribution in [0.3, 0.4) is 0 Å². The molecule has 3 aliphatic carbocycles. The first-order valence-corrected chi connectivity index (χ1v) is 48.3. The van der Waals surface area contributed by atoms with Gasteiger partial charge in [-0.15, -0.1) is 0 Å². The number of anilines is 5. The largest absolute Gasteiger partial charge is 0.339 e. The van der Waals surface area contributed by atoms with Crippen LogP contribution in [0.25, 0.3) is 44.5 Å². The van der Waals surface area contributed by atoms with Crippen LogP contribution in [0.1, 0.15) is 154 Å². The lowest BCUT2D eigenvalue weighted by molar-refractivity contribution is -0.123. The van der Waals surface area contributed by atoms with Gasteiger partial charge >= 0.3 is 0 Å². The van der Waals surface area contributed by atoms with Crippen LogP contribution in [0.4, 0.5) is 50.6 Å². The van der Waals surface area contributed by atoms with Crippen molar-refractivity contribution in [2.75, 3.05) is 76.9 Å². The maximum atomic E-state index is 15.2. The first-order valence-electron chi connectivity index (χ1n) is 48.3. The SMILES string of the molecule is Cn1cc(-c2ccc(CN3C(=O)C4(CCN(C5CCC5)C4)c4ccccc43)c(F)c2)cn1.Cn1cc(-c2ccc(CN3C(=O)C4(CCN(C5CCCCC5F)C4)c4ccccc43)c(F)c2)cn1.Cn1cc(-c2ccc(CN3C(=O)C4(CCN(C5CCCCCC5)C4)c4ccccc43)c(F)c2)cn1.Cn1cc(-c2ccc(CN3C(=O)C4(CCN(c5ncccn5)C4)c4ccccc43)c(F)c2)cn1. The highest BCUT2D eigenvalue weighted by atomic mass is 19.1. The Labute approximate surface area is 789 Å². The number of alkyl halides is 1. The Kier molecular flexibility index (Phi) is 24.2. The number of benzene rings is 8. The van der Waals surface area contributed by atoms with Crippen molar-refractivity contribution in [2.24, 2.45) is 28.2 Å². The van der Waals surface area contributed by atoms with Crippen LogP contribution in [0.5, 0.6) is 0 Å². The first-order chi connectivity index (χ1) is 66.1. The summed E-state index contributed by atoms with van der Waals surface area (Å²) in [5, 5.41) is 16.7. The first kappa shape index (κ1) is 89.4. The summed E-state index contributed by atoms with van der Waals surface area (Å²) in [4.78, 5) is 80.9. The molecule has 27 heteroatoms. The number of aromatic nitrogens is 10. The fourth-order valence-corrected chi connectivity index (χ4v) is 23.7. The van der Waals surface area contributed by atoms with Crippen molar-refractivity contribution in [3.63, 3.8) is 0 Å². The highest BCUT2D eigenvalue weighted by Gasteiger charge is 2.60. The summed E-state index contributed by atoms with van der Waals surface area (Å²) in [5.74, 6) is -0.372. The topological polar surface area (TPSA) is 191 Å². The molecule has 8 aliphatic heterocycles. The molecule has 0 N–H and O–H groups in total. The van der Waals surface area contributed by atoms with E-state index in [0.717, 1.165) is 148 Å². The number of carbonyl (C=O) groups excluding carboxylic acids is 4. The predicted octanol–water partition coefficient (Wildman–Crippen LogP) is 18.4. The van der Waals surface area contributed by atoms with Gasteiger partial charge in [-0.05, 0) is 176 Å². The van der Waals surface area contributed by atoms with Gasteiger partial charge in [-0.1, -0.05) is 166 Å². The highest BCUT2D eigenvalue weighted by molar-refractivity contribution is 6.11. The molecule has 4 amide bonds. The Bertz CT molecular complexity index is 6680. The van der Waals surface area contributed by atoms with Crippen LogP contribution >= 0.6 is 0 Å². The molecule has 136 heavy (non-hydrogen) atoms.